The van der Waals surface area contributed by atoms with Gasteiger partial charge in [-0.05, 0) is 26.3 Å². The minimum absolute atomic E-state index is 0.659. The van der Waals surface area contributed by atoms with Crippen LogP contribution in [0.3, 0.4) is 0 Å². The lowest BCUT2D eigenvalue weighted by molar-refractivity contribution is 0.156. The first kappa shape index (κ1) is 13.5. The fourth-order valence-electron chi connectivity index (χ4n) is 2.12. The number of hydrogen-bond donors (Lipinski definition) is 1. The fraction of sp³-hybridized carbons (Fsp3) is 0.846. The van der Waals surface area contributed by atoms with Crippen molar-refractivity contribution in [2.75, 3.05) is 39.9 Å². The van der Waals surface area contributed by atoms with Gasteiger partial charge in [-0.2, -0.15) is 0 Å². The summed E-state index contributed by atoms with van der Waals surface area (Å²) in [4.78, 5) is 2.50. The van der Waals surface area contributed by atoms with Gasteiger partial charge in [0.1, 0.15) is 0 Å². The third-order valence-electron chi connectivity index (χ3n) is 3.07. The summed E-state index contributed by atoms with van der Waals surface area (Å²) in [6.45, 7) is 6.84. The maximum absolute atomic E-state index is 5.02. The van der Waals surface area contributed by atoms with E-state index in [1.54, 1.807) is 7.11 Å². The molecule has 0 saturated carbocycles. The van der Waals surface area contributed by atoms with Crippen molar-refractivity contribution in [3.05, 3.63) is 0 Å². The topological polar surface area (TPSA) is 24.5 Å². The van der Waals surface area contributed by atoms with E-state index in [1.165, 1.54) is 25.8 Å². The van der Waals surface area contributed by atoms with Gasteiger partial charge in [0.25, 0.3) is 0 Å². The lowest BCUT2D eigenvalue weighted by Crippen LogP contribution is -2.46. The molecule has 0 aromatic carbocycles. The second kappa shape index (κ2) is 8.58. The highest BCUT2D eigenvalue weighted by molar-refractivity contribution is 4.99. The first-order valence-electron chi connectivity index (χ1n) is 6.21. The normalized spacial score (nSPS) is 21.5. The van der Waals surface area contributed by atoms with Gasteiger partial charge in [-0.25, -0.2) is 0 Å². The highest BCUT2D eigenvalue weighted by atomic mass is 16.5. The van der Waals surface area contributed by atoms with E-state index in [4.69, 9.17) is 4.74 Å². The Hall–Kier alpha value is -0.560. The molecule has 0 aliphatic carbocycles. The van der Waals surface area contributed by atoms with Crippen molar-refractivity contribution in [1.82, 2.24) is 10.2 Å². The monoisotopic (exact) mass is 224 g/mol. The van der Waals surface area contributed by atoms with Gasteiger partial charge in [0.05, 0.1) is 13.2 Å². The van der Waals surface area contributed by atoms with E-state index in [1.807, 2.05) is 6.92 Å². The Morgan fingerprint density at radius 3 is 3.06 bits per heavy atom. The van der Waals surface area contributed by atoms with Crippen LogP contribution in [-0.2, 0) is 4.74 Å². The van der Waals surface area contributed by atoms with Crippen molar-refractivity contribution >= 4 is 0 Å². The Kier molecular flexibility index (Phi) is 7.24. The largest absolute Gasteiger partial charge is 0.383 e. The Balaban J connectivity index is 2.25. The molecule has 0 amide bonds. The highest BCUT2D eigenvalue weighted by Gasteiger charge is 2.20. The van der Waals surface area contributed by atoms with Gasteiger partial charge in [0.2, 0.25) is 0 Å². The first-order valence-corrected chi connectivity index (χ1v) is 6.21. The number of piperidine rings is 1. The van der Waals surface area contributed by atoms with Gasteiger partial charge in [-0.3, -0.25) is 4.90 Å². The number of nitrogens with zero attached hydrogens (tertiary/aromatic N) is 1. The van der Waals surface area contributed by atoms with Gasteiger partial charge in [0.15, 0.2) is 0 Å². The molecule has 1 unspecified atom stereocenters. The summed E-state index contributed by atoms with van der Waals surface area (Å²) in [6.07, 6.45) is 3.97. The summed E-state index contributed by atoms with van der Waals surface area (Å²) in [5.74, 6) is 6.15. The summed E-state index contributed by atoms with van der Waals surface area (Å²) >= 11 is 0. The lowest BCUT2D eigenvalue weighted by Gasteiger charge is -2.34. The molecular formula is C13H24N2O. The Morgan fingerprint density at radius 1 is 1.44 bits per heavy atom. The number of nitrogens with one attached hydrogen (secondary N) is 1. The molecule has 0 aromatic heterocycles. The van der Waals surface area contributed by atoms with Crippen LogP contribution in [-0.4, -0.2) is 50.8 Å². The van der Waals surface area contributed by atoms with Crippen LogP contribution in [0.5, 0.6) is 0 Å². The number of methoxy groups -OCH3 is 1. The van der Waals surface area contributed by atoms with E-state index in [9.17, 15) is 0 Å². The summed E-state index contributed by atoms with van der Waals surface area (Å²) < 4.78 is 5.02. The Morgan fingerprint density at radius 2 is 2.31 bits per heavy atom. The SMILES string of the molecule is CC#CCN1CCCCC1CNCCOC. The average Bonchev–Trinajstić information content (AvgIpc) is 2.33. The minimum Gasteiger partial charge on any atom is -0.383 e. The van der Waals surface area contributed by atoms with Crippen LogP contribution in [0.4, 0.5) is 0 Å². The summed E-state index contributed by atoms with van der Waals surface area (Å²) in [6, 6.07) is 0.659. The number of likely N-dealkylation sites (tertiary alicyclic amines) is 1. The van der Waals surface area contributed by atoms with Crippen molar-refractivity contribution in [2.45, 2.75) is 32.2 Å². The van der Waals surface area contributed by atoms with Gasteiger partial charge >= 0.3 is 0 Å². The fourth-order valence-corrected chi connectivity index (χ4v) is 2.12. The molecule has 16 heavy (non-hydrogen) atoms. The molecule has 1 heterocycles. The summed E-state index contributed by atoms with van der Waals surface area (Å²) in [5.41, 5.74) is 0. The van der Waals surface area contributed by atoms with Crippen LogP contribution in [0.1, 0.15) is 26.2 Å². The van der Waals surface area contributed by atoms with Gasteiger partial charge in [0, 0.05) is 26.2 Å². The molecule has 1 aliphatic rings. The summed E-state index contributed by atoms with van der Waals surface area (Å²) in [5, 5.41) is 3.45. The highest BCUT2D eigenvalue weighted by Crippen LogP contribution is 2.15. The quantitative estimate of drug-likeness (QED) is 0.540. The van der Waals surface area contributed by atoms with Crippen molar-refractivity contribution in [3.8, 4) is 11.8 Å². The molecule has 1 N–H and O–H groups in total. The number of ether oxygens (including phenoxy) is 1. The predicted molar refractivity (Wildman–Crippen MR) is 67.4 cm³/mol. The molecule has 1 saturated heterocycles. The molecule has 92 valence electrons. The van der Waals surface area contributed by atoms with E-state index in [-0.39, 0.29) is 0 Å². The second-order valence-electron chi connectivity index (χ2n) is 4.24. The van der Waals surface area contributed by atoms with Crippen LogP contribution < -0.4 is 5.32 Å². The molecule has 0 radical (unpaired) electrons. The van der Waals surface area contributed by atoms with Crippen LogP contribution in [0.15, 0.2) is 0 Å². The first-order chi connectivity index (χ1) is 7.88. The van der Waals surface area contributed by atoms with E-state index in [0.717, 1.165) is 26.2 Å². The molecule has 1 rings (SSSR count). The molecule has 3 heteroatoms. The Labute approximate surface area is 99.5 Å². The van der Waals surface area contributed by atoms with Crippen LogP contribution in [0.2, 0.25) is 0 Å². The van der Waals surface area contributed by atoms with Crippen molar-refractivity contribution in [3.63, 3.8) is 0 Å². The molecule has 3 nitrogen and oxygen atoms in total. The lowest BCUT2D eigenvalue weighted by atomic mass is 10.0. The van der Waals surface area contributed by atoms with E-state index >= 15 is 0 Å². The van der Waals surface area contributed by atoms with Gasteiger partial charge in [-0.15, -0.1) is 5.92 Å². The maximum atomic E-state index is 5.02. The standard InChI is InChI=1S/C13H24N2O/c1-3-4-9-15-10-6-5-7-13(15)12-14-8-11-16-2/h13-14H,5-12H2,1-2H3. The van der Waals surface area contributed by atoms with Crippen LogP contribution >= 0.6 is 0 Å². The van der Waals surface area contributed by atoms with E-state index < -0.39 is 0 Å². The maximum Gasteiger partial charge on any atom is 0.0604 e. The second-order valence-corrected chi connectivity index (χ2v) is 4.24. The van der Waals surface area contributed by atoms with Crippen molar-refractivity contribution in [2.24, 2.45) is 0 Å². The van der Waals surface area contributed by atoms with E-state index in [0.29, 0.717) is 6.04 Å². The zero-order chi connectivity index (χ0) is 11.6. The van der Waals surface area contributed by atoms with Gasteiger partial charge < -0.3 is 10.1 Å². The molecular weight excluding hydrogens is 200 g/mol. The minimum atomic E-state index is 0.659. The summed E-state index contributed by atoms with van der Waals surface area (Å²) in [7, 11) is 1.74. The zero-order valence-electron chi connectivity index (χ0n) is 10.6. The third kappa shape index (κ3) is 4.98. The number of rotatable bonds is 6. The average molecular weight is 224 g/mol. The molecule has 0 spiro atoms. The third-order valence-corrected chi connectivity index (χ3v) is 3.07. The van der Waals surface area contributed by atoms with Gasteiger partial charge in [-0.1, -0.05) is 12.3 Å². The van der Waals surface area contributed by atoms with E-state index in [2.05, 4.69) is 22.1 Å². The molecule has 0 aromatic rings. The molecule has 1 aliphatic heterocycles. The molecule has 1 fully saturated rings. The smallest absolute Gasteiger partial charge is 0.0604 e. The van der Waals surface area contributed by atoms with Crippen LogP contribution in [0, 0.1) is 11.8 Å². The van der Waals surface area contributed by atoms with Crippen molar-refractivity contribution in [1.29, 1.82) is 0 Å². The number of hydrogen-bond acceptors (Lipinski definition) is 3. The zero-order valence-corrected chi connectivity index (χ0v) is 10.6. The van der Waals surface area contributed by atoms with Crippen LogP contribution in [0.25, 0.3) is 0 Å². The Bertz CT molecular complexity index is 232. The molecule has 1 atom stereocenters. The predicted octanol–water partition coefficient (Wildman–Crippen LogP) is 1.10. The van der Waals surface area contributed by atoms with Crippen molar-refractivity contribution < 1.29 is 4.74 Å². The molecule has 0 bridgehead atoms.